The monoisotopic (exact) mass is 340 g/mol. The number of nitrogens with two attached hydrogens (primary N) is 2. The Kier molecular flexibility index (Phi) is 7.89. The molecule has 0 saturated carbocycles. The molecule has 11 heteroatoms. The van der Waals surface area contributed by atoms with E-state index in [9.17, 15) is 25.2 Å². The largest absolute Gasteiger partial charge is 0.394 e. The summed E-state index contributed by atoms with van der Waals surface area (Å²) >= 11 is 0. The number of rotatable bonds is 8. The lowest BCUT2D eigenvalue weighted by atomic mass is 9.97. The van der Waals surface area contributed by atoms with Crippen LogP contribution in [0.5, 0.6) is 0 Å². The molecule has 1 aliphatic rings. The Bertz CT molecular complexity index is 372. The zero-order chi connectivity index (χ0) is 17.7. The summed E-state index contributed by atoms with van der Waals surface area (Å²) in [5.41, 5.74) is 11.0. The fourth-order valence-electron chi connectivity index (χ4n) is 2.18. The van der Waals surface area contributed by atoms with Gasteiger partial charge in [-0.2, -0.15) is 0 Å². The van der Waals surface area contributed by atoms with Crippen molar-refractivity contribution in [2.45, 2.75) is 55.0 Å². The first-order chi connectivity index (χ1) is 10.8. The summed E-state index contributed by atoms with van der Waals surface area (Å²) in [6.07, 6.45) is -10.3. The lowest BCUT2D eigenvalue weighted by molar-refractivity contribution is -0.295. The first-order valence-corrected chi connectivity index (χ1v) is 6.99. The van der Waals surface area contributed by atoms with E-state index in [-0.39, 0.29) is 6.29 Å². The second-order valence-corrected chi connectivity index (χ2v) is 5.34. The van der Waals surface area contributed by atoms with Crippen molar-refractivity contribution < 1.29 is 44.9 Å². The molecule has 0 unspecified atom stereocenters. The SMILES string of the molecule is N[C@H]1[C@H](O[C@@H]([C@H](O)[C@@H](N)C=O)[C@H](O)CO)O[C@H](CO)[C@@H](O)[C@@H]1O. The number of ether oxygens (including phenoxy) is 2. The van der Waals surface area contributed by atoms with Crippen molar-refractivity contribution in [3.05, 3.63) is 0 Å². The van der Waals surface area contributed by atoms with Crippen LogP contribution >= 0.6 is 0 Å². The highest BCUT2D eigenvalue weighted by atomic mass is 16.7. The van der Waals surface area contributed by atoms with Gasteiger partial charge in [-0.15, -0.1) is 0 Å². The van der Waals surface area contributed by atoms with Crippen molar-refractivity contribution >= 4 is 6.29 Å². The Morgan fingerprint density at radius 3 is 2.30 bits per heavy atom. The highest BCUT2D eigenvalue weighted by molar-refractivity contribution is 5.58. The number of carbonyl (C=O) groups is 1. The van der Waals surface area contributed by atoms with Crippen LogP contribution in [0.25, 0.3) is 0 Å². The maximum atomic E-state index is 10.7. The van der Waals surface area contributed by atoms with Crippen molar-refractivity contribution in [3.63, 3.8) is 0 Å². The van der Waals surface area contributed by atoms with Gasteiger partial charge in [0.25, 0.3) is 0 Å². The van der Waals surface area contributed by atoms with E-state index in [1.165, 1.54) is 0 Å². The maximum Gasteiger partial charge on any atom is 0.176 e. The van der Waals surface area contributed by atoms with E-state index in [1.807, 2.05) is 0 Å². The van der Waals surface area contributed by atoms with Crippen LogP contribution in [0.15, 0.2) is 0 Å². The molecule has 1 fully saturated rings. The first-order valence-electron chi connectivity index (χ1n) is 6.99. The average molecular weight is 340 g/mol. The van der Waals surface area contributed by atoms with Crippen LogP contribution < -0.4 is 11.5 Å². The standard InChI is InChI=1S/C12H24N2O9/c13-4(1-15)8(19)11(5(18)2-16)23-12-7(14)10(21)9(20)6(3-17)22-12/h1,4-12,16-21H,2-3,13-14H2/t4-,5+,6+,7+,8+,9+,10+,11+,12-/m0/s1. The molecule has 1 rings (SSSR count). The molecule has 0 aromatic rings. The molecule has 1 aliphatic heterocycles. The molecule has 11 nitrogen and oxygen atoms in total. The lowest BCUT2D eigenvalue weighted by Crippen LogP contribution is -2.64. The molecule has 10 N–H and O–H groups in total. The van der Waals surface area contributed by atoms with Gasteiger partial charge in [0.05, 0.1) is 25.3 Å². The second kappa shape index (κ2) is 8.94. The summed E-state index contributed by atoms with van der Waals surface area (Å²) in [5.74, 6) is 0. The van der Waals surface area contributed by atoms with E-state index >= 15 is 0 Å². The van der Waals surface area contributed by atoms with Crippen molar-refractivity contribution in [2.24, 2.45) is 11.5 Å². The number of aldehydes is 1. The highest BCUT2D eigenvalue weighted by Crippen LogP contribution is 2.23. The van der Waals surface area contributed by atoms with E-state index in [0.717, 1.165) is 0 Å². The number of carbonyl (C=O) groups excluding carboxylic acids is 1. The van der Waals surface area contributed by atoms with Crippen LogP contribution in [0.1, 0.15) is 0 Å². The van der Waals surface area contributed by atoms with Gasteiger partial charge in [0.2, 0.25) is 0 Å². The van der Waals surface area contributed by atoms with Crippen molar-refractivity contribution in [1.82, 2.24) is 0 Å². The molecule has 0 bridgehead atoms. The Balaban J connectivity index is 2.91. The summed E-state index contributed by atoms with van der Waals surface area (Å²) in [6, 6.07) is -2.69. The molecule has 0 spiro atoms. The predicted octanol–water partition coefficient (Wildman–Crippen LogP) is -5.62. The summed E-state index contributed by atoms with van der Waals surface area (Å²) in [4.78, 5) is 10.7. The molecule has 0 aromatic carbocycles. The summed E-state index contributed by atoms with van der Waals surface area (Å²) in [5, 5.41) is 57.3. The van der Waals surface area contributed by atoms with Crippen LogP contribution in [0.4, 0.5) is 0 Å². The first kappa shape index (κ1) is 20.3. The van der Waals surface area contributed by atoms with Crippen LogP contribution in [0.3, 0.4) is 0 Å². The van der Waals surface area contributed by atoms with E-state index in [1.54, 1.807) is 0 Å². The minimum absolute atomic E-state index is 0.224. The number of aliphatic hydroxyl groups is 6. The molecular weight excluding hydrogens is 316 g/mol. The average Bonchev–Trinajstić information content (AvgIpc) is 2.57. The van der Waals surface area contributed by atoms with Crippen molar-refractivity contribution in [2.75, 3.05) is 13.2 Å². The molecule has 1 saturated heterocycles. The molecule has 23 heavy (non-hydrogen) atoms. The van der Waals surface area contributed by atoms with Gasteiger partial charge in [0.15, 0.2) is 6.29 Å². The van der Waals surface area contributed by atoms with Crippen LogP contribution in [0, 0.1) is 0 Å². The van der Waals surface area contributed by atoms with Crippen molar-refractivity contribution in [1.29, 1.82) is 0 Å². The van der Waals surface area contributed by atoms with Gasteiger partial charge in [-0.1, -0.05) is 0 Å². The number of aliphatic hydroxyl groups excluding tert-OH is 6. The molecule has 0 aliphatic carbocycles. The molecular formula is C12H24N2O9. The molecule has 0 amide bonds. The van der Waals surface area contributed by atoms with Gasteiger partial charge >= 0.3 is 0 Å². The van der Waals surface area contributed by atoms with E-state index in [2.05, 4.69) is 0 Å². The maximum absolute atomic E-state index is 10.7. The topological polar surface area (TPSA) is 209 Å². The van der Waals surface area contributed by atoms with Crippen LogP contribution in [0.2, 0.25) is 0 Å². The molecule has 0 aromatic heterocycles. The van der Waals surface area contributed by atoms with Gasteiger partial charge in [-0.05, 0) is 0 Å². The minimum atomic E-state index is -1.69. The number of hydrogen-bond donors (Lipinski definition) is 8. The highest BCUT2D eigenvalue weighted by Gasteiger charge is 2.45. The smallest absolute Gasteiger partial charge is 0.176 e. The molecule has 136 valence electrons. The van der Waals surface area contributed by atoms with E-state index in [0.29, 0.717) is 0 Å². The fourth-order valence-corrected chi connectivity index (χ4v) is 2.18. The van der Waals surface area contributed by atoms with Gasteiger partial charge in [0.1, 0.15) is 42.9 Å². The van der Waals surface area contributed by atoms with E-state index in [4.69, 9.17) is 31.2 Å². The fraction of sp³-hybridized carbons (Fsp3) is 0.917. The third-order valence-corrected chi connectivity index (χ3v) is 3.67. The lowest BCUT2D eigenvalue weighted by Gasteiger charge is -2.42. The van der Waals surface area contributed by atoms with Gasteiger partial charge in [-0.3, -0.25) is 0 Å². The molecule has 1 heterocycles. The Hall–Kier alpha value is -0.730. The van der Waals surface area contributed by atoms with Crippen molar-refractivity contribution in [3.8, 4) is 0 Å². The van der Waals surface area contributed by atoms with Gasteiger partial charge in [0, 0.05) is 0 Å². The summed E-state index contributed by atoms with van der Waals surface area (Å²) < 4.78 is 10.4. The number of hydrogen-bond acceptors (Lipinski definition) is 11. The zero-order valence-electron chi connectivity index (χ0n) is 12.3. The Morgan fingerprint density at radius 1 is 1.22 bits per heavy atom. The third-order valence-electron chi connectivity index (χ3n) is 3.67. The Morgan fingerprint density at radius 2 is 1.83 bits per heavy atom. The predicted molar refractivity (Wildman–Crippen MR) is 73.7 cm³/mol. The molecule has 0 radical (unpaired) electrons. The van der Waals surface area contributed by atoms with Gasteiger partial charge < -0.3 is 56.4 Å². The quantitative estimate of drug-likeness (QED) is 0.195. The summed E-state index contributed by atoms with van der Waals surface area (Å²) in [7, 11) is 0. The molecule has 9 atom stereocenters. The van der Waals surface area contributed by atoms with Gasteiger partial charge in [-0.25, -0.2) is 0 Å². The Labute approximate surface area is 132 Å². The van der Waals surface area contributed by atoms with Crippen LogP contribution in [-0.4, -0.2) is 105 Å². The van der Waals surface area contributed by atoms with Crippen LogP contribution in [-0.2, 0) is 14.3 Å². The second-order valence-electron chi connectivity index (χ2n) is 5.34. The minimum Gasteiger partial charge on any atom is -0.394 e. The van der Waals surface area contributed by atoms with E-state index < -0.39 is 68.2 Å². The third kappa shape index (κ3) is 4.64. The summed E-state index contributed by atoms with van der Waals surface area (Å²) in [6.45, 7) is -1.46. The normalized spacial score (nSPS) is 37.0. The zero-order valence-corrected chi connectivity index (χ0v) is 12.3.